The van der Waals surface area contributed by atoms with E-state index in [1.54, 1.807) is 21.3 Å². The second-order valence-corrected chi connectivity index (χ2v) is 10.9. The van der Waals surface area contributed by atoms with Crippen LogP contribution in [0.2, 0.25) is 0 Å². The number of nitrogens with one attached hydrogen (secondary N) is 1. The van der Waals surface area contributed by atoms with Crippen LogP contribution >= 0.6 is 11.3 Å². The Morgan fingerprint density at radius 2 is 1.71 bits per heavy atom. The normalized spacial score (nSPS) is 14.5. The molecule has 1 atom stereocenters. The van der Waals surface area contributed by atoms with Crippen LogP contribution in [0.15, 0.2) is 53.6 Å². The molecule has 10 nitrogen and oxygen atoms in total. The van der Waals surface area contributed by atoms with Gasteiger partial charge in [0.1, 0.15) is 5.75 Å². The summed E-state index contributed by atoms with van der Waals surface area (Å²) in [7, 11) is 4.65. The molecule has 1 unspecified atom stereocenters. The van der Waals surface area contributed by atoms with E-state index < -0.39 is 0 Å². The summed E-state index contributed by atoms with van der Waals surface area (Å²) in [6, 6.07) is 14.9. The Balaban J connectivity index is 1.33. The van der Waals surface area contributed by atoms with Crippen LogP contribution in [0, 0.1) is 13.8 Å². The smallest absolute Gasteiger partial charge is 0.264 e. The highest BCUT2D eigenvalue weighted by atomic mass is 32.1. The first-order chi connectivity index (χ1) is 20.2. The van der Waals surface area contributed by atoms with Gasteiger partial charge < -0.3 is 18.9 Å². The third-order valence-electron chi connectivity index (χ3n) is 7.05. The highest BCUT2D eigenvalue weighted by Gasteiger charge is 2.33. The molecule has 1 aromatic heterocycles. The van der Waals surface area contributed by atoms with Gasteiger partial charge in [-0.1, -0.05) is 35.6 Å². The molecule has 11 heteroatoms. The second-order valence-electron chi connectivity index (χ2n) is 9.85. The number of methoxy groups -OCH3 is 3. The number of aryl methyl sites for hydroxylation is 2. The highest BCUT2D eigenvalue weighted by Crippen LogP contribution is 2.41. The number of carbonyl (C=O) groups is 2. The van der Waals surface area contributed by atoms with Crippen LogP contribution in [-0.2, 0) is 9.59 Å². The van der Waals surface area contributed by atoms with Crippen molar-refractivity contribution >= 4 is 44.2 Å². The average molecular weight is 589 g/mol. The zero-order chi connectivity index (χ0) is 30.0. The van der Waals surface area contributed by atoms with E-state index in [2.05, 4.69) is 15.4 Å². The first-order valence-electron chi connectivity index (χ1n) is 13.3. The molecule has 0 fully saturated rings. The molecule has 0 radical (unpaired) electrons. The minimum absolute atomic E-state index is 0.187. The zero-order valence-electron chi connectivity index (χ0n) is 24.3. The molecule has 1 aliphatic rings. The fraction of sp³-hybridized carbons (Fsp3) is 0.290. The molecule has 218 valence electrons. The van der Waals surface area contributed by atoms with Crippen molar-refractivity contribution < 1.29 is 28.5 Å². The lowest BCUT2D eigenvalue weighted by atomic mass is 9.97. The zero-order valence-corrected chi connectivity index (χ0v) is 25.1. The largest absolute Gasteiger partial charge is 0.493 e. The van der Waals surface area contributed by atoms with Crippen LogP contribution in [0.5, 0.6) is 23.0 Å². The van der Waals surface area contributed by atoms with Gasteiger partial charge in [0, 0.05) is 18.9 Å². The van der Waals surface area contributed by atoms with Crippen LogP contribution in [0.3, 0.4) is 0 Å². The number of nitrogens with zero attached hydrogens (tertiary/aromatic N) is 3. The fourth-order valence-corrected chi connectivity index (χ4v) is 5.86. The van der Waals surface area contributed by atoms with Crippen molar-refractivity contribution in [2.45, 2.75) is 33.2 Å². The van der Waals surface area contributed by atoms with Crippen LogP contribution in [-0.4, -0.2) is 55.5 Å². The van der Waals surface area contributed by atoms with E-state index >= 15 is 0 Å². The van der Waals surface area contributed by atoms with E-state index in [1.165, 1.54) is 23.3 Å². The standard InChI is InChI=1S/C31H32N4O6S/c1-17-10-11-20(12-24(17)41-16-28(37)32-31-33-29-18(2)8-7-9-27(29)42-31)23-15-22(34-35(23)19(3)36)21-13-25(38-4)30(40-6)26(14-21)39-5/h7-14,23H,15-16H2,1-6H3,(H,32,33,37). The predicted octanol–water partition coefficient (Wildman–Crippen LogP) is 5.65. The number of aromatic nitrogens is 1. The SMILES string of the molecule is COc1cc(C2=NN(C(C)=O)C(c3ccc(C)c(OCC(=O)Nc4nc5c(C)cccc5s4)c3)C2)cc(OC)c1OC. The topological polar surface area (TPSA) is 112 Å². The van der Waals surface area contributed by atoms with Gasteiger partial charge in [0.05, 0.1) is 43.3 Å². The number of hydrazone groups is 1. The van der Waals surface area contributed by atoms with Crippen molar-refractivity contribution in [1.29, 1.82) is 0 Å². The number of rotatable bonds is 9. The Morgan fingerprint density at radius 1 is 0.976 bits per heavy atom. The number of benzene rings is 3. The number of fused-ring (bicyclic) bond motifs is 1. The van der Waals surface area contributed by atoms with Crippen LogP contribution in [0.4, 0.5) is 5.13 Å². The van der Waals surface area contributed by atoms with Gasteiger partial charge in [-0.2, -0.15) is 5.10 Å². The van der Waals surface area contributed by atoms with E-state index in [1.807, 2.05) is 62.4 Å². The quantitative estimate of drug-likeness (QED) is 0.269. The molecular formula is C31H32N4O6S. The summed E-state index contributed by atoms with van der Waals surface area (Å²) in [4.78, 5) is 29.9. The van der Waals surface area contributed by atoms with Crippen molar-refractivity contribution in [2.75, 3.05) is 33.3 Å². The van der Waals surface area contributed by atoms with Crippen molar-refractivity contribution in [2.24, 2.45) is 5.10 Å². The molecule has 0 bridgehead atoms. The van der Waals surface area contributed by atoms with E-state index in [0.29, 0.717) is 40.3 Å². The van der Waals surface area contributed by atoms with Crippen molar-refractivity contribution in [3.8, 4) is 23.0 Å². The molecule has 1 aliphatic heterocycles. The maximum atomic E-state index is 12.7. The number of hydrogen-bond acceptors (Lipinski definition) is 9. The first-order valence-corrected chi connectivity index (χ1v) is 14.1. The average Bonchev–Trinajstić information content (AvgIpc) is 3.61. The van der Waals surface area contributed by atoms with E-state index in [0.717, 1.165) is 32.5 Å². The summed E-state index contributed by atoms with van der Waals surface area (Å²) < 4.78 is 23.4. The Kier molecular flexibility index (Phi) is 8.30. The summed E-state index contributed by atoms with van der Waals surface area (Å²) >= 11 is 1.42. The monoisotopic (exact) mass is 588 g/mol. The number of amides is 2. The molecule has 3 aromatic carbocycles. The number of anilines is 1. The first kappa shape index (κ1) is 28.9. The number of hydrogen-bond donors (Lipinski definition) is 1. The van der Waals surface area contributed by atoms with Gasteiger partial charge in [-0.05, 0) is 54.8 Å². The molecule has 0 spiro atoms. The molecule has 1 N–H and O–H groups in total. The molecule has 0 aliphatic carbocycles. The van der Waals surface area contributed by atoms with Crippen molar-refractivity contribution in [1.82, 2.24) is 9.99 Å². The summed E-state index contributed by atoms with van der Waals surface area (Å²) in [6.07, 6.45) is 0.457. The second kappa shape index (κ2) is 12.1. The summed E-state index contributed by atoms with van der Waals surface area (Å²) in [6.45, 7) is 5.19. The Morgan fingerprint density at radius 3 is 2.36 bits per heavy atom. The van der Waals surface area contributed by atoms with Gasteiger partial charge in [-0.25, -0.2) is 9.99 Å². The third-order valence-corrected chi connectivity index (χ3v) is 7.99. The number of thiazole rings is 1. The predicted molar refractivity (Wildman–Crippen MR) is 162 cm³/mol. The minimum atomic E-state index is -0.362. The Labute approximate surface area is 247 Å². The third kappa shape index (κ3) is 5.73. The maximum Gasteiger partial charge on any atom is 0.264 e. The molecule has 0 saturated carbocycles. The van der Waals surface area contributed by atoms with Crippen molar-refractivity contribution in [3.05, 3.63) is 70.8 Å². The van der Waals surface area contributed by atoms with Gasteiger partial charge in [0.25, 0.3) is 5.91 Å². The van der Waals surface area contributed by atoms with E-state index in [-0.39, 0.29) is 24.5 Å². The van der Waals surface area contributed by atoms with Crippen LogP contribution in [0.25, 0.3) is 10.2 Å². The lowest BCUT2D eigenvalue weighted by Gasteiger charge is -2.21. The lowest BCUT2D eigenvalue weighted by Crippen LogP contribution is -2.24. The van der Waals surface area contributed by atoms with Crippen LogP contribution in [0.1, 0.15) is 41.6 Å². The van der Waals surface area contributed by atoms with E-state index in [4.69, 9.17) is 18.9 Å². The molecule has 0 saturated heterocycles. The summed E-state index contributed by atoms with van der Waals surface area (Å²) in [5.41, 5.74) is 5.07. The molecule has 2 amide bonds. The summed E-state index contributed by atoms with van der Waals surface area (Å²) in [5.74, 6) is 1.51. The molecular weight excluding hydrogens is 556 g/mol. The van der Waals surface area contributed by atoms with Gasteiger partial charge in [-0.15, -0.1) is 0 Å². The Bertz CT molecular complexity index is 1670. The van der Waals surface area contributed by atoms with E-state index in [9.17, 15) is 9.59 Å². The van der Waals surface area contributed by atoms with Crippen molar-refractivity contribution in [3.63, 3.8) is 0 Å². The molecule has 2 heterocycles. The number of ether oxygens (including phenoxy) is 4. The molecule has 4 aromatic rings. The maximum absolute atomic E-state index is 12.7. The molecule has 5 rings (SSSR count). The van der Waals surface area contributed by atoms with Gasteiger partial charge in [-0.3, -0.25) is 14.9 Å². The minimum Gasteiger partial charge on any atom is -0.493 e. The highest BCUT2D eigenvalue weighted by molar-refractivity contribution is 7.22. The number of carbonyl (C=O) groups excluding carboxylic acids is 2. The molecule has 42 heavy (non-hydrogen) atoms. The number of para-hydroxylation sites is 1. The lowest BCUT2D eigenvalue weighted by molar-refractivity contribution is -0.130. The van der Waals surface area contributed by atoms with Gasteiger partial charge >= 0.3 is 0 Å². The van der Waals surface area contributed by atoms with Crippen LogP contribution < -0.4 is 24.3 Å². The fourth-order valence-electron chi connectivity index (χ4n) is 4.90. The van der Waals surface area contributed by atoms with Gasteiger partial charge in [0.2, 0.25) is 11.7 Å². The van der Waals surface area contributed by atoms with Gasteiger partial charge in [0.15, 0.2) is 23.2 Å². The summed E-state index contributed by atoms with van der Waals surface area (Å²) in [5, 5.41) is 9.48. The Hall–Kier alpha value is -4.64.